The van der Waals surface area contributed by atoms with Gasteiger partial charge in [0.2, 0.25) is 0 Å². The number of carboxylic acid groups (broad SMARTS) is 1. The minimum atomic E-state index is -2.01. The van der Waals surface area contributed by atoms with Gasteiger partial charge in [-0.05, 0) is 31.5 Å². The number of amides is 2. The van der Waals surface area contributed by atoms with Crippen LogP contribution < -0.4 is 10.6 Å². The molecule has 0 saturated heterocycles. The van der Waals surface area contributed by atoms with Crippen molar-refractivity contribution in [2.24, 2.45) is 0 Å². The highest BCUT2D eigenvalue weighted by Gasteiger charge is 2.30. The second-order valence-corrected chi connectivity index (χ2v) is 4.71. The lowest BCUT2D eigenvalue weighted by Crippen LogP contribution is -2.47. The summed E-state index contributed by atoms with van der Waals surface area (Å²) in [6, 6.07) is 4.41. The maximum absolute atomic E-state index is 11.6. The maximum atomic E-state index is 11.6. The number of halogens is 1. The molecule has 1 atom stereocenters. The summed E-state index contributed by atoms with van der Waals surface area (Å²) in [6.07, 6.45) is 0. The highest BCUT2D eigenvalue weighted by atomic mass is 35.5. The molecule has 0 bridgehead atoms. The number of aliphatic carboxylic acids is 1. The number of benzene rings is 1. The molecule has 4 N–H and O–H groups in total. The Labute approximate surface area is 115 Å². The van der Waals surface area contributed by atoms with Crippen LogP contribution >= 0.6 is 11.6 Å². The first kappa shape index (κ1) is 15.3. The van der Waals surface area contributed by atoms with Gasteiger partial charge in [-0.1, -0.05) is 17.7 Å². The highest BCUT2D eigenvalue weighted by molar-refractivity contribution is 6.31. The molecule has 104 valence electrons. The molecular formula is C12H15ClN2O4. The highest BCUT2D eigenvalue weighted by Crippen LogP contribution is 2.22. The van der Waals surface area contributed by atoms with Crippen LogP contribution in [0.5, 0.6) is 0 Å². The van der Waals surface area contributed by atoms with Gasteiger partial charge in [-0.25, -0.2) is 9.59 Å². The second kappa shape index (κ2) is 5.90. The van der Waals surface area contributed by atoms with Gasteiger partial charge in [0, 0.05) is 10.7 Å². The van der Waals surface area contributed by atoms with E-state index in [9.17, 15) is 14.7 Å². The average Bonchev–Trinajstić information content (AvgIpc) is 2.32. The zero-order valence-corrected chi connectivity index (χ0v) is 11.3. The predicted octanol–water partition coefficient (Wildman–Crippen LogP) is 1.61. The molecule has 1 aromatic carbocycles. The van der Waals surface area contributed by atoms with Crippen LogP contribution in [0, 0.1) is 6.92 Å². The van der Waals surface area contributed by atoms with E-state index in [1.54, 1.807) is 25.1 Å². The van der Waals surface area contributed by atoms with Gasteiger partial charge in [0.1, 0.15) is 0 Å². The summed E-state index contributed by atoms with van der Waals surface area (Å²) in [7, 11) is 0. The number of anilines is 1. The molecule has 0 fully saturated rings. The second-order valence-electron chi connectivity index (χ2n) is 4.30. The summed E-state index contributed by atoms with van der Waals surface area (Å²) in [6.45, 7) is 2.43. The van der Waals surface area contributed by atoms with Crippen LogP contribution in [0.15, 0.2) is 18.2 Å². The molecule has 0 aliphatic rings. The van der Waals surface area contributed by atoms with Gasteiger partial charge in [-0.2, -0.15) is 0 Å². The summed E-state index contributed by atoms with van der Waals surface area (Å²) in [4.78, 5) is 22.2. The quantitative estimate of drug-likeness (QED) is 0.676. The summed E-state index contributed by atoms with van der Waals surface area (Å²) in [5.74, 6) is -1.41. The third-order valence-electron chi connectivity index (χ3n) is 2.57. The Kier molecular flexibility index (Phi) is 4.74. The van der Waals surface area contributed by atoms with Crippen molar-refractivity contribution in [2.75, 3.05) is 11.9 Å². The van der Waals surface area contributed by atoms with Crippen LogP contribution in [0.3, 0.4) is 0 Å². The molecule has 0 spiro atoms. The molecule has 0 aliphatic carbocycles. The molecule has 7 heteroatoms. The molecule has 19 heavy (non-hydrogen) atoms. The third-order valence-corrected chi connectivity index (χ3v) is 2.98. The molecule has 0 heterocycles. The first-order valence-corrected chi connectivity index (χ1v) is 5.87. The van der Waals surface area contributed by atoms with Gasteiger partial charge in [-0.15, -0.1) is 0 Å². The number of carbonyl (C=O) groups excluding carboxylic acids is 1. The first-order valence-electron chi connectivity index (χ1n) is 5.50. The number of carboxylic acids is 1. The maximum Gasteiger partial charge on any atom is 0.337 e. The average molecular weight is 287 g/mol. The Hall–Kier alpha value is -1.79. The minimum absolute atomic E-state index is 0.409. The van der Waals surface area contributed by atoms with Gasteiger partial charge in [0.25, 0.3) is 0 Å². The summed E-state index contributed by atoms with van der Waals surface area (Å²) in [5.41, 5.74) is -0.801. The van der Waals surface area contributed by atoms with Crippen molar-refractivity contribution in [3.05, 3.63) is 28.8 Å². The van der Waals surface area contributed by atoms with Crippen molar-refractivity contribution in [1.29, 1.82) is 0 Å². The molecule has 1 rings (SSSR count). The fourth-order valence-electron chi connectivity index (χ4n) is 1.24. The van der Waals surface area contributed by atoms with E-state index in [1.165, 1.54) is 0 Å². The molecule has 0 aromatic heterocycles. The van der Waals surface area contributed by atoms with Crippen LogP contribution in [-0.2, 0) is 4.79 Å². The summed E-state index contributed by atoms with van der Waals surface area (Å²) in [5, 5.41) is 23.4. The minimum Gasteiger partial charge on any atom is -0.479 e. The van der Waals surface area contributed by atoms with E-state index in [-0.39, 0.29) is 0 Å². The number of carbonyl (C=O) groups is 2. The van der Waals surface area contributed by atoms with E-state index in [0.717, 1.165) is 6.92 Å². The monoisotopic (exact) mass is 286 g/mol. The lowest BCUT2D eigenvalue weighted by molar-refractivity contribution is -0.155. The SMILES string of the molecule is Cc1c(Cl)cccc1NC(=O)NCC(C)(O)C(=O)O. The molecule has 1 unspecified atom stereocenters. The topological polar surface area (TPSA) is 98.7 Å². The normalized spacial score (nSPS) is 13.5. The van der Waals surface area contributed by atoms with Crippen LogP contribution in [0.2, 0.25) is 5.02 Å². The van der Waals surface area contributed by atoms with E-state index in [4.69, 9.17) is 16.7 Å². The molecule has 0 saturated carbocycles. The molecule has 2 amide bonds. The van der Waals surface area contributed by atoms with Crippen molar-refractivity contribution >= 4 is 29.3 Å². The standard InChI is InChI=1S/C12H15ClN2O4/c1-7-8(13)4-3-5-9(7)15-11(18)14-6-12(2,19)10(16)17/h3-5,19H,6H2,1-2H3,(H,16,17)(H2,14,15,18). The van der Waals surface area contributed by atoms with Crippen LogP contribution in [0.1, 0.15) is 12.5 Å². The number of hydrogen-bond acceptors (Lipinski definition) is 3. The molecule has 0 aliphatic heterocycles. The van der Waals surface area contributed by atoms with Crippen molar-refractivity contribution in [3.63, 3.8) is 0 Å². The zero-order valence-electron chi connectivity index (χ0n) is 10.5. The predicted molar refractivity (Wildman–Crippen MR) is 71.5 cm³/mol. The van der Waals surface area contributed by atoms with Gasteiger partial charge < -0.3 is 20.8 Å². The molecule has 1 aromatic rings. The van der Waals surface area contributed by atoms with Crippen molar-refractivity contribution < 1.29 is 19.8 Å². The van der Waals surface area contributed by atoms with Gasteiger partial charge in [-0.3, -0.25) is 0 Å². The third kappa shape index (κ3) is 4.11. The Morgan fingerprint density at radius 1 is 1.42 bits per heavy atom. The zero-order chi connectivity index (χ0) is 14.6. The number of aliphatic hydroxyl groups is 1. The number of rotatable bonds is 4. The van der Waals surface area contributed by atoms with Gasteiger partial charge in [0.05, 0.1) is 6.54 Å². The molecule has 6 nitrogen and oxygen atoms in total. The fourth-order valence-corrected chi connectivity index (χ4v) is 1.41. The Morgan fingerprint density at radius 3 is 2.63 bits per heavy atom. The molecular weight excluding hydrogens is 272 g/mol. The number of urea groups is 1. The van der Waals surface area contributed by atoms with E-state index < -0.39 is 24.1 Å². The van der Waals surface area contributed by atoms with E-state index in [2.05, 4.69) is 10.6 Å². The largest absolute Gasteiger partial charge is 0.479 e. The number of hydrogen-bond donors (Lipinski definition) is 4. The van der Waals surface area contributed by atoms with E-state index in [1.807, 2.05) is 0 Å². The lowest BCUT2D eigenvalue weighted by Gasteiger charge is -2.18. The van der Waals surface area contributed by atoms with Gasteiger partial charge >= 0.3 is 12.0 Å². The van der Waals surface area contributed by atoms with Crippen LogP contribution in [0.4, 0.5) is 10.5 Å². The van der Waals surface area contributed by atoms with E-state index in [0.29, 0.717) is 16.3 Å². The summed E-state index contributed by atoms with van der Waals surface area (Å²) >= 11 is 5.90. The Bertz CT molecular complexity index is 503. The van der Waals surface area contributed by atoms with Crippen LogP contribution in [0.25, 0.3) is 0 Å². The Balaban J connectivity index is 2.62. The fraction of sp³-hybridized carbons (Fsp3) is 0.333. The van der Waals surface area contributed by atoms with Crippen molar-refractivity contribution in [1.82, 2.24) is 5.32 Å². The van der Waals surface area contributed by atoms with Gasteiger partial charge in [0.15, 0.2) is 5.60 Å². The van der Waals surface area contributed by atoms with Crippen molar-refractivity contribution in [3.8, 4) is 0 Å². The Morgan fingerprint density at radius 2 is 2.05 bits per heavy atom. The molecule has 0 radical (unpaired) electrons. The smallest absolute Gasteiger partial charge is 0.337 e. The van der Waals surface area contributed by atoms with Crippen molar-refractivity contribution in [2.45, 2.75) is 19.4 Å². The lowest BCUT2D eigenvalue weighted by atomic mass is 10.1. The van der Waals surface area contributed by atoms with Crippen LogP contribution in [-0.4, -0.2) is 34.4 Å². The first-order chi connectivity index (χ1) is 8.74. The number of nitrogens with one attached hydrogen (secondary N) is 2. The van der Waals surface area contributed by atoms with E-state index >= 15 is 0 Å². The summed E-state index contributed by atoms with van der Waals surface area (Å²) < 4.78 is 0.